The molecule has 1 aromatic rings. The SMILES string of the molecule is N#Cc1ccc(N2CCCCC2=O)cc1Cl. The van der Waals surface area contributed by atoms with Crippen LogP contribution in [0.1, 0.15) is 24.8 Å². The topological polar surface area (TPSA) is 44.1 Å². The molecule has 0 atom stereocenters. The first kappa shape index (κ1) is 11.0. The first-order chi connectivity index (χ1) is 7.72. The van der Waals surface area contributed by atoms with Gasteiger partial charge in [0.2, 0.25) is 5.91 Å². The van der Waals surface area contributed by atoms with Crippen LogP contribution in [0, 0.1) is 11.3 Å². The van der Waals surface area contributed by atoms with Gasteiger partial charge in [0.1, 0.15) is 6.07 Å². The Balaban J connectivity index is 2.30. The van der Waals surface area contributed by atoms with Crippen molar-refractivity contribution >= 4 is 23.2 Å². The molecule has 16 heavy (non-hydrogen) atoms. The lowest BCUT2D eigenvalue weighted by Crippen LogP contribution is -2.35. The van der Waals surface area contributed by atoms with Gasteiger partial charge in [-0.3, -0.25) is 4.79 Å². The Bertz CT molecular complexity index is 465. The number of hydrogen-bond acceptors (Lipinski definition) is 2. The minimum absolute atomic E-state index is 0.132. The highest BCUT2D eigenvalue weighted by atomic mass is 35.5. The molecule has 0 N–H and O–H groups in total. The molecule has 0 spiro atoms. The fourth-order valence-corrected chi connectivity index (χ4v) is 2.06. The van der Waals surface area contributed by atoms with E-state index in [1.165, 1.54) is 0 Å². The van der Waals surface area contributed by atoms with E-state index < -0.39 is 0 Å². The summed E-state index contributed by atoms with van der Waals surface area (Å²) < 4.78 is 0. The molecule has 1 fully saturated rings. The summed E-state index contributed by atoms with van der Waals surface area (Å²) in [4.78, 5) is 13.4. The summed E-state index contributed by atoms with van der Waals surface area (Å²) in [5.41, 5.74) is 1.23. The van der Waals surface area contributed by atoms with Crippen molar-refractivity contribution in [3.8, 4) is 6.07 Å². The average molecular weight is 235 g/mol. The van der Waals surface area contributed by atoms with Crippen LogP contribution in [0.3, 0.4) is 0 Å². The maximum absolute atomic E-state index is 11.7. The third-order valence-electron chi connectivity index (χ3n) is 2.71. The Labute approximate surface area is 99.2 Å². The maximum Gasteiger partial charge on any atom is 0.226 e. The lowest BCUT2D eigenvalue weighted by molar-refractivity contribution is -0.119. The largest absolute Gasteiger partial charge is 0.312 e. The van der Waals surface area contributed by atoms with Gasteiger partial charge in [0.05, 0.1) is 10.6 Å². The van der Waals surface area contributed by atoms with Gasteiger partial charge in [-0.25, -0.2) is 0 Å². The lowest BCUT2D eigenvalue weighted by atomic mass is 10.1. The van der Waals surface area contributed by atoms with Crippen LogP contribution < -0.4 is 4.90 Å². The van der Waals surface area contributed by atoms with Crippen LogP contribution in [-0.4, -0.2) is 12.5 Å². The number of benzene rings is 1. The summed E-state index contributed by atoms with van der Waals surface area (Å²) >= 11 is 5.94. The van der Waals surface area contributed by atoms with Crippen molar-refractivity contribution in [3.63, 3.8) is 0 Å². The van der Waals surface area contributed by atoms with Crippen LogP contribution in [0.5, 0.6) is 0 Å². The molecule has 1 saturated heterocycles. The van der Waals surface area contributed by atoms with Gasteiger partial charge in [-0.2, -0.15) is 5.26 Å². The van der Waals surface area contributed by atoms with E-state index in [1.807, 2.05) is 6.07 Å². The number of anilines is 1. The van der Waals surface area contributed by atoms with Crippen molar-refractivity contribution in [2.45, 2.75) is 19.3 Å². The molecule has 0 saturated carbocycles. The van der Waals surface area contributed by atoms with Crippen LogP contribution in [-0.2, 0) is 4.79 Å². The van der Waals surface area contributed by atoms with Gasteiger partial charge in [0, 0.05) is 18.7 Å². The molecule has 82 valence electrons. The first-order valence-corrected chi connectivity index (χ1v) is 5.60. The number of carbonyl (C=O) groups excluding carboxylic acids is 1. The second-order valence-corrected chi connectivity index (χ2v) is 4.19. The molecule has 1 aromatic carbocycles. The van der Waals surface area contributed by atoms with Crippen LogP contribution in [0.2, 0.25) is 5.02 Å². The van der Waals surface area contributed by atoms with Crippen molar-refractivity contribution in [3.05, 3.63) is 28.8 Å². The summed E-state index contributed by atoms with van der Waals surface area (Å²) in [6.07, 6.45) is 2.57. The normalized spacial score (nSPS) is 16.0. The summed E-state index contributed by atoms with van der Waals surface area (Å²) in [5.74, 6) is 0.132. The smallest absolute Gasteiger partial charge is 0.226 e. The van der Waals surface area contributed by atoms with Gasteiger partial charge in [-0.05, 0) is 31.0 Å². The highest BCUT2D eigenvalue weighted by molar-refractivity contribution is 6.32. The predicted molar refractivity (Wildman–Crippen MR) is 62.4 cm³/mol. The maximum atomic E-state index is 11.7. The van der Waals surface area contributed by atoms with E-state index in [9.17, 15) is 4.79 Å². The first-order valence-electron chi connectivity index (χ1n) is 5.22. The number of carbonyl (C=O) groups is 1. The van der Waals surface area contributed by atoms with Crippen molar-refractivity contribution in [1.29, 1.82) is 5.26 Å². The molecule has 3 nitrogen and oxygen atoms in total. The third-order valence-corrected chi connectivity index (χ3v) is 3.02. The average Bonchev–Trinajstić information content (AvgIpc) is 2.29. The molecule has 0 radical (unpaired) electrons. The minimum Gasteiger partial charge on any atom is -0.312 e. The number of piperidine rings is 1. The molecular formula is C12H11ClN2O. The molecule has 2 rings (SSSR count). The molecular weight excluding hydrogens is 224 g/mol. The number of rotatable bonds is 1. The van der Waals surface area contributed by atoms with Gasteiger partial charge in [-0.15, -0.1) is 0 Å². The van der Waals surface area contributed by atoms with Crippen molar-refractivity contribution in [1.82, 2.24) is 0 Å². The Morgan fingerprint density at radius 1 is 1.38 bits per heavy atom. The highest BCUT2D eigenvalue weighted by Gasteiger charge is 2.19. The van der Waals surface area contributed by atoms with Crippen LogP contribution in [0.15, 0.2) is 18.2 Å². The van der Waals surface area contributed by atoms with Gasteiger partial charge in [0.25, 0.3) is 0 Å². The summed E-state index contributed by atoms with van der Waals surface area (Å²) in [7, 11) is 0. The zero-order valence-corrected chi connectivity index (χ0v) is 9.50. The second kappa shape index (κ2) is 4.54. The van der Waals surface area contributed by atoms with Gasteiger partial charge in [0.15, 0.2) is 0 Å². The number of nitriles is 1. The van der Waals surface area contributed by atoms with Gasteiger partial charge >= 0.3 is 0 Å². The molecule has 0 unspecified atom stereocenters. The highest BCUT2D eigenvalue weighted by Crippen LogP contribution is 2.26. The Morgan fingerprint density at radius 2 is 2.19 bits per heavy atom. The lowest BCUT2D eigenvalue weighted by Gasteiger charge is -2.26. The van der Waals surface area contributed by atoms with Crippen LogP contribution >= 0.6 is 11.6 Å². The third kappa shape index (κ3) is 2.02. The predicted octanol–water partition coefficient (Wildman–Crippen LogP) is 2.73. The van der Waals surface area contributed by atoms with Crippen LogP contribution in [0.4, 0.5) is 5.69 Å². The van der Waals surface area contributed by atoms with Gasteiger partial charge in [-0.1, -0.05) is 11.6 Å². The molecule has 4 heteroatoms. The van der Waals surface area contributed by atoms with Crippen molar-refractivity contribution in [2.24, 2.45) is 0 Å². The monoisotopic (exact) mass is 234 g/mol. The zero-order valence-electron chi connectivity index (χ0n) is 8.74. The molecule has 1 aliphatic heterocycles. The molecule has 1 amide bonds. The number of halogens is 1. The fourth-order valence-electron chi connectivity index (χ4n) is 1.84. The zero-order chi connectivity index (χ0) is 11.5. The quantitative estimate of drug-likeness (QED) is 0.750. The summed E-state index contributed by atoms with van der Waals surface area (Å²) in [5, 5.41) is 9.16. The Kier molecular flexibility index (Phi) is 3.12. The van der Waals surface area contributed by atoms with Crippen LogP contribution in [0.25, 0.3) is 0 Å². The van der Waals surface area contributed by atoms with E-state index in [0.29, 0.717) is 17.0 Å². The number of amides is 1. The van der Waals surface area contributed by atoms with E-state index in [0.717, 1.165) is 25.1 Å². The standard InChI is InChI=1S/C12H11ClN2O/c13-11-7-10(5-4-9(11)8-14)15-6-2-1-3-12(15)16/h4-5,7H,1-3,6H2. The Hall–Kier alpha value is -1.53. The van der Waals surface area contributed by atoms with E-state index in [2.05, 4.69) is 0 Å². The van der Waals surface area contributed by atoms with E-state index in [-0.39, 0.29) is 5.91 Å². The molecule has 0 aliphatic carbocycles. The van der Waals surface area contributed by atoms with E-state index >= 15 is 0 Å². The molecule has 1 aliphatic rings. The van der Waals surface area contributed by atoms with Crippen molar-refractivity contribution in [2.75, 3.05) is 11.4 Å². The van der Waals surface area contributed by atoms with E-state index in [4.69, 9.17) is 16.9 Å². The fraction of sp³-hybridized carbons (Fsp3) is 0.333. The Morgan fingerprint density at radius 3 is 2.81 bits per heavy atom. The summed E-state index contributed by atoms with van der Waals surface area (Å²) in [6.45, 7) is 0.737. The molecule has 0 aromatic heterocycles. The number of nitrogens with zero attached hydrogens (tertiary/aromatic N) is 2. The number of hydrogen-bond donors (Lipinski definition) is 0. The molecule has 0 bridgehead atoms. The summed E-state index contributed by atoms with van der Waals surface area (Å²) in [6, 6.07) is 7.11. The minimum atomic E-state index is 0.132. The van der Waals surface area contributed by atoms with Gasteiger partial charge < -0.3 is 4.90 Å². The van der Waals surface area contributed by atoms with Crippen molar-refractivity contribution < 1.29 is 4.79 Å². The molecule has 1 heterocycles. The second-order valence-electron chi connectivity index (χ2n) is 3.78. The van der Waals surface area contributed by atoms with E-state index in [1.54, 1.807) is 23.1 Å².